The summed E-state index contributed by atoms with van der Waals surface area (Å²) in [4.78, 5) is 33.0. The second-order valence-corrected chi connectivity index (χ2v) is 9.07. The van der Waals surface area contributed by atoms with Gasteiger partial charge < -0.3 is 14.4 Å². The summed E-state index contributed by atoms with van der Waals surface area (Å²) in [5.74, 6) is 0.0100. The van der Waals surface area contributed by atoms with Gasteiger partial charge in [-0.3, -0.25) is 9.59 Å². The quantitative estimate of drug-likeness (QED) is 0.740. The lowest BCUT2D eigenvalue weighted by Crippen LogP contribution is -2.53. The molecule has 5 rings (SSSR count). The normalized spacial score (nSPS) is 20.5. The Kier molecular flexibility index (Phi) is 4.75. The average molecular weight is 434 g/mol. The Morgan fingerprint density at radius 1 is 1.16 bits per heavy atom. The van der Waals surface area contributed by atoms with E-state index in [1.807, 2.05) is 0 Å². The van der Waals surface area contributed by atoms with Crippen molar-refractivity contribution in [3.05, 3.63) is 29.1 Å². The molecule has 0 bridgehead atoms. The minimum Gasteiger partial charge on any atom is -0.339 e. The largest absolute Gasteiger partial charge is 0.418 e. The molecule has 1 aliphatic heterocycles. The first-order valence-corrected chi connectivity index (χ1v) is 10.9. The zero-order valence-corrected chi connectivity index (χ0v) is 17.4. The van der Waals surface area contributed by atoms with Gasteiger partial charge in [0, 0.05) is 26.7 Å². The third-order valence-electron chi connectivity index (χ3n) is 6.86. The zero-order valence-electron chi connectivity index (χ0n) is 17.4. The summed E-state index contributed by atoms with van der Waals surface area (Å²) in [5.41, 5.74) is -0.0720. The number of aryl methyl sites for hydroxylation is 1. The van der Waals surface area contributed by atoms with Crippen LogP contribution in [0, 0.1) is 5.92 Å². The molecular formula is C22H25F3N4O2. The van der Waals surface area contributed by atoms with Gasteiger partial charge in [-0.2, -0.15) is 13.2 Å². The summed E-state index contributed by atoms with van der Waals surface area (Å²) < 4.78 is 42.6. The number of carbonyl (C=O) groups is 2. The van der Waals surface area contributed by atoms with Crippen molar-refractivity contribution in [2.45, 2.75) is 44.2 Å². The molecule has 2 aromatic rings. The number of fused-ring (bicyclic) bond motifs is 1. The lowest BCUT2D eigenvalue weighted by molar-refractivity contribution is -0.137. The molecule has 0 unspecified atom stereocenters. The molecule has 9 heteroatoms. The third kappa shape index (κ3) is 3.68. The predicted octanol–water partition coefficient (Wildman–Crippen LogP) is 3.55. The van der Waals surface area contributed by atoms with Crippen molar-refractivity contribution in [3.63, 3.8) is 0 Å². The monoisotopic (exact) mass is 434 g/mol. The molecular weight excluding hydrogens is 409 g/mol. The molecule has 2 aliphatic carbocycles. The maximum atomic E-state index is 13.7. The summed E-state index contributed by atoms with van der Waals surface area (Å²) in [6.45, 7) is 1.48. The zero-order chi connectivity index (χ0) is 21.9. The molecule has 1 saturated heterocycles. The number of rotatable bonds is 4. The van der Waals surface area contributed by atoms with Gasteiger partial charge in [0.2, 0.25) is 5.91 Å². The van der Waals surface area contributed by atoms with E-state index in [4.69, 9.17) is 0 Å². The summed E-state index contributed by atoms with van der Waals surface area (Å²) in [6, 6.07) is 2.89. The number of aromatic nitrogens is 2. The SMILES string of the molecule is Cn1c(C(=O)N2CCN(CC3CCC3)C(=O)C2)nc2c(C(F)(F)F)cc(C3CC3)cc21. The van der Waals surface area contributed by atoms with Crippen molar-refractivity contribution >= 4 is 22.8 Å². The number of hydrogen-bond donors (Lipinski definition) is 0. The first-order valence-electron chi connectivity index (χ1n) is 10.9. The number of halogens is 3. The maximum Gasteiger partial charge on any atom is 0.418 e. The van der Waals surface area contributed by atoms with E-state index in [1.165, 1.54) is 22.0 Å². The van der Waals surface area contributed by atoms with Crippen LogP contribution in [0.5, 0.6) is 0 Å². The number of hydrogen-bond acceptors (Lipinski definition) is 3. The van der Waals surface area contributed by atoms with Gasteiger partial charge >= 0.3 is 6.18 Å². The fourth-order valence-electron chi connectivity index (χ4n) is 4.57. The molecule has 0 atom stereocenters. The highest BCUT2D eigenvalue weighted by atomic mass is 19.4. The van der Waals surface area contributed by atoms with Crippen LogP contribution in [0.15, 0.2) is 12.1 Å². The molecule has 1 aromatic carbocycles. The Hall–Kier alpha value is -2.58. The van der Waals surface area contributed by atoms with Gasteiger partial charge in [0.15, 0.2) is 5.82 Å². The molecule has 166 valence electrons. The van der Waals surface area contributed by atoms with Crippen LogP contribution in [0.3, 0.4) is 0 Å². The second kappa shape index (κ2) is 7.24. The lowest BCUT2D eigenvalue weighted by atomic mass is 9.85. The van der Waals surface area contributed by atoms with E-state index in [-0.39, 0.29) is 29.7 Å². The number of piperazine rings is 1. The number of amides is 2. The Morgan fingerprint density at radius 3 is 2.48 bits per heavy atom. The van der Waals surface area contributed by atoms with Crippen LogP contribution >= 0.6 is 0 Å². The van der Waals surface area contributed by atoms with Gasteiger partial charge in [0.25, 0.3) is 5.91 Å². The minimum atomic E-state index is -4.55. The maximum absolute atomic E-state index is 13.7. The molecule has 3 fully saturated rings. The van der Waals surface area contributed by atoms with Gasteiger partial charge in [0.1, 0.15) is 12.1 Å². The van der Waals surface area contributed by atoms with E-state index in [9.17, 15) is 22.8 Å². The fourth-order valence-corrected chi connectivity index (χ4v) is 4.57. The standard InChI is InChI=1S/C22H25F3N4O2/c1-27-17-10-15(14-5-6-14)9-16(22(23,24)25)19(17)26-20(27)21(31)29-8-7-28(18(30)12-29)11-13-3-2-4-13/h9-10,13-14H,2-8,11-12H2,1H3. The van der Waals surface area contributed by atoms with Gasteiger partial charge in [-0.05, 0) is 55.2 Å². The first kappa shape index (κ1) is 20.3. The predicted molar refractivity (Wildman–Crippen MR) is 108 cm³/mol. The summed E-state index contributed by atoms with van der Waals surface area (Å²) in [5, 5.41) is 0. The van der Waals surface area contributed by atoms with Gasteiger partial charge in [-0.1, -0.05) is 6.42 Å². The molecule has 2 saturated carbocycles. The molecule has 2 amide bonds. The van der Waals surface area contributed by atoms with Crippen LogP contribution < -0.4 is 0 Å². The highest BCUT2D eigenvalue weighted by Gasteiger charge is 2.38. The van der Waals surface area contributed by atoms with Gasteiger partial charge in [-0.25, -0.2) is 4.98 Å². The van der Waals surface area contributed by atoms with Gasteiger partial charge in [0.05, 0.1) is 11.1 Å². The molecule has 6 nitrogen and oxygen atoms in total. The highest BCUT2D eigenvalue weighted by molar-refractivity contribution is 5.98. The highest BCUT2D eigenvalue weighted by Crippen LogP contribution is 2.44. The smallest absolute Gasteiger partial charge is 0.339 e. The number of imidazole rings is 1. The first-order chi connectivity index (χ1) is 14.7. The molecule has 0 N–H and O–H groups in total. The van der Waals surface area contributed by atoms with E-state index in [2.05, 4.69) is 4.98 Å². The Morgan fingerprint density at radius 2 is 1.90 bits per heavy atom. The Labute approximate surface area is 178 Å². The summed E-state index contributed by atoms with van der Waals surface area (Å²) in [7, 11) is 1.56. The van der Waals surface area contributed by atoms with E-state index in [0.29, 0.717) is 30.1 Å². The van der Waals surface area contributed by atoms with Crippen molar-refractivity contribution in [2.24, 2.45) is 13.0 Å². The van der Waals surface area contributed by atoms with E-state index >= 15 is 0 Å². The number of nitrogens with zero attached hydrogens (tertiary/aromatic N) is 4. The number of carbonyl (C=O) groups excluding carboxylic acids is 2. The van der Waals surface area contributed by atoms with Crippen LogP contribution in [0.1, 0.15) is 59.8 Å². The van der Waals surface area contributed by atoms with Crippen molar-refractivity contribution in [2.75, 3.05) is 26.2 Å². The molecule has 0 spiro atoms. The Balaban J connectivity index is 1.42. The average Bonchev–Trinajstić information content (AvgIpc) is 3.48. The van der Waals surface area contributed by atoms with Crippen molar-refractivity contribution in [3.8, 4) is 0 Å². The number of alkyl halides is 3. The van der Waals surface area contributed by atoms with Crippen LogP contribution in [0.2, 0.25) is 0 Å². The summed E-state index contributed by atoms with van der Waals surface area (Å²) >= 11 is 0. The van der Waals surface area contributed by atoms with Crippen LogP contribution in [0.4, 0.5) is 13.2 Å². The van der Waals surface area contributed by atoms with Crippen molar-refractivity contribution in [1.82, 2.24) is 19.4 Å². The fraction of sp³-hybridized carbons (Fsp3) is 0.591. The van der Waals surface area contributed by atoms with Gasteiger partial charge in [-0.15, -0.1) is 0 Å². The molecule has 1 aromatic heterocycles. The van der Waals surface area contributed by atoms with Crippen molar-refractivity contribution in [1.29, 1.82) is 0 Å². The molecule has 3 aliphatic rings. The number of benzene rings is 1. The van der Waals surface area contributed by atoms with Crippen molar-refractivity contribution < 1.29 is 22.8 Å². The molecule has 31 heavy (non-hydrogen) atoms. The van der Waals surface area contributed by atoms with E-state index < -0.39 is 17.6 Å². The second-order valence-electron chi connectivity index (χ2n) is 9.07. The van der Waals surface area contributed by atoms with E-state index in [1.54, 1.807) is 18.0 Å². The van der Waals surface area contributed by atoms with Crippen LogP contribution in [0.25, 0.3) is 11.0 Å². The minimum absolute atomic E-state index is 0.0613. The Bertz CT molecular complexity index is 1050. The molecule has 0 radical (unpaired) electrons. The van der Waals surface area contributed by atoms with Crippen LogP contribution in [-0.4, -0.2) is 57.3 Å². The molecule has 2 heterocycles. The lowest BCUT2D eigenvalue weighted by Gasteiger charge is -2.38. The summed E-state index contributed by atoms with van der Waals surface area (Å²) in [6.07, 6.45) is 0.667. The van der Waals surface area contributed by atoms with Crippen LogP contribution in [-0.2, 0) is 18.0 Å². The van der Waals surface area contributed by atoms with E-state index in [0.717, 1.165) is 32.2 Å². The third-order valence-corrected chi connectivity index (χ3v) is 6.86. The topological polar surface area (TPSA) is 58.4 Å².